The number of ketones is 2. The third-order valence-corrected chi connectivity index (χ3v) is 6.27. The molecule has 0 bridgehead atoms. The monoisotopic (exact) mass is 750 g/mol. The molecule has 52 heavy (non-hydrogen) atoms. The quantitative estimate of drug-likeness (QED) is 0.101. The molecule has 0 saturated carbocycles. The highest BCUT2D eigenvalue weighted by Gasteiger charge is 2.39. The van der Waals surface area contributed by atoms with Crippen LogP contribution in [-0.2, 0) is 19.2 Å². The number of nitrogens with two attached hydrogens (primary N) is 2. The van der Waals surface area contributed by atoms with Crippen molar-refractivity contribution in [3.8, 4) is 0 Å². The Labute approximate surface area is 289 Å². The molecule has 284 valence electrons. The van der Waals surface area contributed by atoms with Crippen LogP contribution >= 0.6 is 0 Å². The van der Waals surface area contributed by atoms with Crippen molar-refractivity contribution < 1.29 is 74.9 Å². The molecule has 1 aliphatic rings. The predicted molar refractivity (Wildman–Crippen MR) is 165 cm³/mol. The number of carboxylic acid groups (broad SMARTS) is 2. The minimum atomic E-state index is -5.08. The van der Waals surface area contributed by atoms with Crippen molar-refractivity contribution in [3.05, 3.63) is 69.8 Å². The Morgan fingerprint density at radius 1 is 0.577 bits per heavy atom. The smallest absolute Gasteiger partial charge is 0.475 e. The summed E-state index contributed by atoms with van der Waals surface area (Å²) in [5.41, 5.74) is 11.7. The van der Waals surface area contributed by atoms with Gasteiger partial charge in [-0.25, -0.2) is 9.59 Å². The molecule has 22 heteroatoms. The van der Waals surface area contributed by atoms with Gasteiger partial charge in [0, 0.05) is 59.6 Å². The highest BCUT2D eigenvalue weighted by Crippen LogP contribution is 2.29. The Bertz CT molecular complexity index is 1590. The topological polar surface area (TPSA) is 277 Å². The lowest BCUT2D eigenvalue weighted by Gasteiger charge is -2.19. The van der Waals surface area contributed by atoms with E-state index in [1.54, 1.807) is 13.8 Å². The number of amides is 4. The normalized spacial score (nSPS) is 12.9. The Morgan fingerprint density at radius 3 is 1.10 bits per heavy atom. The summed E-state index contributed by atoms with van der Waals surface area (Å²) < 4.78 is 63.5. The molecule has 0 spiro atoms. The van der Waals surface area contributed by atoms with Gasteiger partial charge in [0.15, 0.2) is 11.6 Å². The molecule has 2 aromatic rings. The second-order valence-electron chi connectivity index (χ2n) is 10.5. The van der Waals surface area contributed by atoms with Crippen molar-refractivity contribution in [2.24, 2.45) is 11.5 Å². The number of nitrogens with one attached hydrogen (secondary N) is 4. The molecule has 3 rings (SSSR count). The first-order valence-corrected chi connectivity index (χ1v) is 14.5. The first-order chi connectivity index (χ1) is 23.9. The van der Waals surface area contributed by atoms with Crippen LogP contribution in [0, 0.1) is 0 Å². The number of halogens is 6. The summed E-state index contributed by atoms with van der Waals surface area (Å²) in [7, 11) is 0. The zero-order valence-corrected chi connectivity index (χ0v) is 27.0. The van der Waals surface area contributed by atoms with E-state index in [0.29, 0.717) is 0 Å². The summed E-state index contributed by atoms with van der Waals surface area (Å²) in [5.74, 6) is -8.04. The van der Waals surface area contributed by atoms with Crippen LogP contribution in [0.4, 0.5) is 26.3 Å². The molecule has 2 aromatic carbocycles. The molecule has 2 atom stereocenters. The maximum atomic E-state index is 13.1. The van der Waals surface area contributed by atoms with Gasteiger partial charge >= 0.3 is 24.3 Å². The summed E-state index contributed by atoms with van der Waals surface area (Å²) in [6.45, 7) is 3.74. The molecule has 0 radical (unpaired) electrons. The SMILES string of the molecule is C[C@H](N)C(=O)NCCNC(=O)c1ccc2c(c1)C(=O)c1ccc(C(=O)NCCNC(=O)[C@H](C)N)cc1C2=O.O=C(O)C(F)(F)F.O=C(O)C(F)(F)F. The lowest BCUT2D eigenvalue weighted by molar-refractivity contribution is -0.193. The van der Waals surface area contributed by atoms with Crippen LogP contribution in [0.1, 0.15) is 66.4 Å². The van der Waals surface area contributed by atoms with E-state index in [1.807, 2.05) is 0 Å². The van der Waals surface area contributed by atoms with Crippen molar-refractivity contribution in [1.29, 1.82) is 0 Å². The molecule has 0 fully saturated rings. The van der Waals surface area contributed by atoms with Gasteiger partial charge in [-0.3, -0.25) is 28.8 Å². The fraction of sp³-hybridized carbons (Fsp3) is 0.333. The number of hydrogen-bond donors (Lipinski definition) is 8. The summed E-state index contributed by atoms with van der Waals surface area (Å²) in [6.07, 6.45) is -10.2. The summed E-state index contributed by atoms with van der Waals surface area (Å²) in [5, 5.41) is 24.7. The van der Waals surface area contributed by atoms with Crippen molar-refractivity contribution in [3.63, 3.8) is 0 Å². The van der Waals surface area contributed by atoms with Gasteiger partial charge in [-0.1, -0.05) is 0 Å². The van der Waals surface area contributed by atoms with Crippen LogP contribution in [0.15, 0.2) is 36.4 Å². The Morgan fingerprint density at radius 2 is 0.846 bits per heavy atom. The van der Waals surface area contributed by atoms with E-state index >= 15 is 0 Å². The average Bonchev–Trinajstić information content (AvgIpc) is 3.06. The van der Waals surface area contributed by atoms with Crippen LogP contribution in [0.3, 0.4) is 0 Å². The number of hydrogen-bond acceptors (Lipinski definition) is 10. The third-order valence-electron chi connectivity index (χ3n) is 6.27. The van der Waals surface area contributed by atoms with E-state index < -0.39 is 59.8 Å². The minimum Gasteiger partial charge on any atom is -0.475 e. The standard InChI is InChI=1S/C26H30N6O6.2C2HF3O2/c1-13(27)23(35)29-7-9-31-25(37)15-3-5-17-19(11-15)21(33)18-6-4-16(12-20(18)22(17)34)26(38)32-10-8-30-24(36)14(2)28;2*3-2(4,5)1(6)7/h3-6,11-14H,7-10,27-28H2,1-2H3,(H,29,35)(H,30,36)(H,31,37)(H,32,38);2*(H,6,7)/t13-,14-;;/m0../s1. The van der Waals surface area contributed by atoms with Crippen molar-refractivity contribution in [1.82, 2.24) is 21.3 Å². The number of aliphatic carboxylic acids is 2. The van der Waals surface area contributed by atoms with Gasteiger partial charge in [-0.05, 0) is 50.2 Å². The lowest BCUT2D eigenvalue weighted by atomic mass is 9.82. The van der Waals surface area contributed by atoms with Crippen LogP contribution in [0.2, 0.25) is 0 Å². The molecule has 0 aliphatic heterocycles. The minimum absolute atomic E-state index is 0.0856. The number of carboxylic acids is 2. The molecular formula is C30H32F6N6O10. The van der Waals surface area contributed by atoms with Gasteiger partial charge < -0.3 is 42.9 Å². The number of carbonyl (C=O) groups excluding carboxylic acids is 6. The van der Waals surface area contributed by atoms with Crippen LogP contribution in [0.5, 0.6) is 0 Å². The molecule has 10 N–H and O–H groups in total. The first kappa shape index (κ1) is 44.1. The number of benzene rings is 2. The van der Waals surface area contributed by atoms with Gasteiger partial charge in [0.2, 0.25) is 11.8 Å². The van der Waals surface area contributed by atoms with E-state index in [2.05, 4.69) is 21.3 Å². The number of alkyl halides is 6. The maximum Gasteiger partial charge on any atom is 0.490 e. The van der Waals surface area contributed by atoms with Gasteiger partial charge in [0.25, 0.3) is 11.8 Å². The fourth-order valence-electron chi connectivity index (χ4n) is 3.68. The van der Waals surface area contributed by atoms with Crippen molar-refractivity contribution >= 4 is 47.1 Å². The molecule has 0 saturated heterocycles. The van der Waals surface area contributed by atoms with E-state index in [0.717, 1.165) is 0 Å². The van der Waals surface area contributed by atoms with E-state index in [-0.39, 0.29) is 71.4 Å². The Hall–Kier alpha value is -5.90. The summed E-state index contributed by atoms with van der Waals surface area (Å²) >= 11 is 0. The van der Waals surface area contributed by atoms with Gasteiger partial charge in [0.05, 0.1) is 12.1 Å². The predicted octanol–water partition coefficient (Wildman–Crippen LogP) is 0.115. The van der Waals surface area contributed by atoms with Gasteiger partial charge in [-0.15, -0.1) is 0 Å². The molecule has 4 amide bonds. The molecule has 16 nitrogen and oxygen atoms in total. The number of rotatable bonds is 10. The van der Waals surface area contributed by atoms with E-state index in [9.17, 15) is 55.1 Å². The highest BCUT2D eigenvalue weighted by atomic mass is 19.4. The molecule has 0 unspecified atom stereocenters. The van der Waals surface area contributed by atoms with E-state index in [4.69, 9.17) is 31.3 Å². The Kier molecular flexibility index (Phi) is 16.0. The van der Waals surface area contributed by atoms with Crippen LogP contribution in [-0.4, -0.2) is 108 Å². The zero-order valence-electron chi connectivity index (χ0n) is 27.0. The van der Waals surface area contributed by atoms with Crippen molar-refractivity contribution in [2.45, 2.75) is 38.3 Å². The third kappa shape index (κ3) is 13.4. The molecular weight excluding hydrogens is 718 g/mol. The first-order valence-electron chi connectivity index (χ1n) is 14.5. The Balaban J connectivity index is 0.000000812. The number of fused-ring (bicyclic) bond motifs is 2. The van der Waals surface area contributed by atoms with E-state index in [1.165, 1.54) is 36.4 Å². The molecule has 0 heterocycles. The fourth-order valence-corrected chi connectivity index (χ4v) is 3.68. The maximum absolute atomic E-state index is 13.1. The second kappa shape index (κ2) is 18.9. The largest absolute Gasteiger partial charge is 0.490 e. The van der Waals surface area contributed by atoms with Crippen LogP contribution in [0.25, 0.3) is 0 Å². The van der Waals surface area contributed by atoms with Gasteiger partial charge in [0.1, 0.15) is 0 Å². The van der Waals surface area contributed by atoms with Crippen molar-refractivity contribution in [2.75, 3.05) is 26.2 Å². The van der Waals surface area contributed by atoms with Gasteiger partial charge in [-0.2, -0.15) is 26.3 Å². The average molecular weight is 751 g/mol. The summed E-state index contributed by atoms with van der Waals surface area (Å²) in [4.78, 5) is 92.1. The lowest BCUT2D eigenvalue weighted by Crippen LogP contribution is -2.42. The highest BCUT2D eigenvalue weighted by molar-refractivity contribution is 6.29. The molecule has 1 aliphatic carbocycles. The summed E-state index contributed by atoms with van der Waals surface area (Å²) in [6, 6.07) is 7.04. The molecule has 0 aromatic heterocycles. The number of carbonyl (C=O) groups is 8. The van der Waals surface area contributed by atoms with Crippen LogP contribution < -0.4 is 32.7 Å². The second-order valence-corrected chi connectivity index (χ2v) is 10.5. The zero-order chi connectivity index (χ0) is 40.1.